The number of aliphatic hydroxyl groups excluding tert-OH is 3. The SMILES string of the molecule is O.OCNc1nc(NCO)nc(NCO)n1. The van der Waals surface area contributed by atoms with Crippen LogP contribution in [0.1, 0.15) is 0 Å². The molecule has 10 nitrogen and oxygen atoms in total. The van der Waals surface area contributed by atoms with Crippen molar-refractivity contribution in [2.75, 3.05) is 36.1 Å². The van der Waals surface area contributed by atoms with Crippen LogP contribution in [0.25, 0.3) is 0 Å². The summed E-state index contributed by atoms with van der Waals surface area (Å²) in [5, 5.41) is 33.2. The molecule has 1 aromatic rings. The van der Waals surface area contributed by atoms with Gasteiger partial charge in [-0.1, -0.05) is 0 Å². The number of rotatable bonds is 6. The van der Waals surface area contributed by atoms with Crippen molar-refractivity contribution in [1.82, 2.24) is 15.0 Å². The summed E-state index contributed by atoms with van der Waals surface area (Å²) in [4.78, 5) is 11.4. The average Bonchev–Trinajstić information content (AvgIpc) is 2.19. The van der Waals surface area contributed by atoms with Crippen LogP contribution in [0.2, 0.25) is 0 Å². The number of nitrogens with zero attached hydrogens (tertiary/aromatic N) is 3. The van der Waals surface area contributed by atoms with E-state index >= 15 is 0 Å². The highest BCUT2D eigenvalue weighted by molar-refractivity contribution is 5.41. The van der Waals surface area contributed by atoms with Crippen LogP contribution < -0.4 is 16.0 Å². The smallest absolute Gasteiger partial charge is 0.231 e. The normalized spacial score (nSPS) is 9.19. The van der Waals surface area contributed by atoms with Crippen molar-refractivity contribution >= 4 is 17.8 Å². The van der Waals surface area contributed by atoms with Gasteiger partial charge in [-0.15, -0.1) is 0 Å². The van der Waals surface area contributed by atoms with Gasteiger partial charge in [-0.05, 0) is 0 Å². The van der Waals surface area contributed by atoms with E-state index in [9.17, 15) is 0 Å². The minimum absolute atomic E-state index is 0. The van der Waals surface area contributed by atoms with Gasteiger partial charge >= 0.3 is 0 Å². The van der Waals surface area contributed by atoms with Gasteiger partial charge in [0.25, 0.3) is 0 Å². The lowest BCUT2D eigenvalue weighted by atomic mass is 10.8. The lowest BCUT2D eigenvalue weighted by Gasteiger charge is -2.07. The average molecular weight is 234 g/mol. The molecule has 1 rings (SSSR count). The number of anilines is 3. The first-order chi connectivity index (χ1) is 7.30. The molecule has 92 valence electrons. The summed E-state index contributed by atoms with van der Waals surface area (Å²) in [7, 11) is 0. The lowest BCUT2D eigenvalue weighted by Crippen LogP contribution is -2.13. The number of aliphatic hydroxyl groups is 3. The Morgan fingerprint density at radius 2 is 0.938 bits per heavy atom. The van der Waals surface area contributed by atoms with Crippen molar-refractivity contribution < 1.29 is 20.8 Å². The van der Waals surface area contributed by atoms with Crippen LogP contribution in [0.5, 0.6) is 0 Å². The van der Waals surface area contributed by atoms with E-state index in [0.717, 1.165) is 0 Å². The van der Waals surface area contributed by atoms with E-state index in [1.807, 2.05) is 0 Å². The van der Waals surface area contributed by atoms with Crippen molar-refractivity contribution in [3.8, 4) is 0 Å². The van der Waals surface area contributed by atoms with E-state index < -0.39 is 0 Å². The summed E-state index contributed by atoms with van der Waals surface area (Å²) in [6.07, 6.45) is 0. The third-order valence-electron chi connectivity index (χ3n) is 1.35. The van der Waals surface area contributed by atoms with Gasteiger partial charge in [0.05, 0.1) is 0 Å². The number of nitrogens with one attached hydrogen (secondary N) is 3. The highest BCUT2D eigenvalue weighted by Crippen LogP contribution is 2.07. The lowest BCUT2D eigenvalue weighted by molar-refractivity contribution is 0.322. The summed E-state index contributed by atoms with van der Waals surface area (Å²) >= 11 is 0. The number of hydrogen-bond acceptors (Lipinski definition) is 9. The molecule has 0 aliphatic rings. The molecule has 0 saturated carbocycles. The summed E-state index contributed by atoms with van der Waals surface area (Å²) in [6, 6.07) is 0. The highest BCUT2D eigenvalue weighted by Gasteiger charge is 2.04. The van der Waals surface area contributed by atoms with Gasteiger partial charge < -0.3 is 36.7 Å². The van der Waals surface area contributed by atoms with Crippen LogP contribution in [-0.4, -0.2) is 55.9 Å². The molecule has 0 atom stereocenters. The molecule has 0 aromatic carbocycles. The predicted molar refractivity (Wildman–Crippen MR) is 55.6 cm³/mol. The molecule has 0 bridgehead atoms. The molecule has 1 aromatic heterocycles. The summed E-state index contributed by atoms with van der Waals surface area (Å²) < 4.78 is 0. The van der Waals surface area contributed by atoms with Gasteiger partial charge in [-0.25, -0.2) is 0 Å². The monoisotopic (exact) mass is 234 g/mol. The minimum atomic E-state index is -0.332. The molecule has 0 amide bonds. The summed E-state index contributed by atoms with van der Waals surface area (Å²) in [6.45, 7) is -0.997. The molecule has 0 unspecified atom stereocenters. The maximum atomic E-state index is 8.61. The topological polar surface area (TPSA) is 167 Å². The zero-order chi connectivity index (χ0) is 11.1. The van der Waals surface area contributed by atoms with Crippen molar-refractivity contribution in [1.29, 1.82) is 0 Å². The Morgan fingerprint density at radius 1 is 0.688 bits per heavy atom. The largest absolute Gasteiger partial charge is 0.412 e. The predicted octanol–water partition coefficient (Wildman–Crippen LogP) is -2.87. The Balaban J connectivity index is 0.00000225. The molecule has 1 heterocycles. The molecule has 0 aliphatic heterocycles. The van der Waals surface area contributed by atoms with Crippen molar-refractivity contribution in [3.63, 3.8) is 0 Å². The zero-order valence-corrected chi connectivity index (χ0v) is 8.30. The van der Waals surface area contributed by atoms with Crippen molar-refractivity contribution in [2.24, 2.45) is 0 Å². The van der Waals surface area contributed by atoms with Crippen molar-refractivity contribution in [2.45, 2.75) is 0 Å². The van der Waals surface area contributed by atoms with Gasteiger partial charge in [0.15, 0.2) is 0 Å². The second kappa shape index (κ2) is 7.53. The van der Waals surface area contributed by atoms with Gasteiger partial charge in [-0.2, -0.15) is 15.0 Å². The number of hydrogen-bond donors (Lipinski definition) is 6. The van der Waals surface area contributed by atoms with E-state index in [-0.39, 0.29) is 43.5 Å². The first-order valence-electron chi connectivity index (χ1n) is 4.10. The van der Waals surface area contributed by atoms with Crippen LogP contribution in [0.4, 0.5) is 17.8 Å². The standard InChI is InChI=1S/C6H12N6O3.H2O/c13-1-7-4-10-5(8-2-14)12-6(11-4)9-3-15;/h13-15H,1-3H2,(H3,7,8,9,10,11,12);1H2. The molecule has 0 aliphatic carbocycles. The molecule has 0 saturated heterocycles. The Hall–Kier alpha value is -1.75. The van der Waals surface area contributed by atoms with E-state index in [1.54, 1.807) is 0 Å². The van der Waals surface area contributed by atoms with E-state index in [1.165, 1.54) is 0 Å². The van der Waals surface area contributed by atoms with Gasteiger partial charge in [0, 0.05) is 0 Å². The molecule has 16 heavy (non-hydrogen) atoms. The minimum Gasteiger partial charge on any atom is -0.412 e. The van der Waals surface area contributed by atoms with Crippen LogP contribution in [0, 0.1) is 0 Å². The van der Waals surface area contributed by atoms with E-state index in [2.05, 4.69) is 30.9 Å². The molecule has 8 N–H and O–H groups in total. The van der Waals surface area contributed by atoms with Crippen LogP contribution >= 0.6 is 0 Å². The second-order valence-corrected chi connectivity index (χ2v) is 2.31. The van der Waals surface area contributed by atoms with Gasteiger partial charge in [0.1, 0.15) is 20.2 Å². The Morgan fingerprint density at radius 3 is 1.12 bits per heavy atom. The van der Waals surface area contributed by atoms with E-state index in [0.29, 0.717) is 0 Å². The van der Waals surface area contributed by atoms with Crippen LogP contribution in [-0.2, 0) is 0 Å². The Labute approximate surface area is 90.7 Å². The van der Waals surface area contributed by atoms with Crippen LogP contribution in [0.15, 0.2) is 0 Å². The first kappa shape index (κ1) is 14.2. The molecule has 0 radical (unpaired) electrons. The third-order valence-corrected chi connectivity index (χ3v) is 1.35. The fourth-order valence-electron chi connectivity index (χ4n) is 0.825. The Bertz CT molecular complexity index is 251. The van der Waals surface area contributed by atoms with Gasteiger partial charge in [0.2, 0.25) is 17.8 Å². The second-order valence-electron chi connectivity index (χ2n) is 2.31. The zero-order valence-electron chi connectivity index (χ0n) is 8.30. The maximum absolute atomic E-state index is 8.61. The molecule has 0 spiro atoms. The van der Waals surface area contributed by atoms with Crippen molar-refractivity contribution in [3.05, 3.63) is 0 Å². The molecule has 10 heteroatoms. The molecular weight excluding hydrogens is 220 g/mol. The molecular formula is C6H14N6O4. The fraction of sp³-hybridized carbons (Fsp3) is 0.500. The highest BCUT2D eigenvalue weighted by atomic mass is 16.3. The number of aromatic nitrogens is 3. The fourth-order valence-corrected chi connectivity index (χ4v) is 0.825. The maximum Gasteiger partial charge on any atom is 0.231 e. The quantitative estimate of drug-likeness (QED) is 0.283. The summed E-state index contributed by atoms with van der Waals surface area (Å²) in [5.41, 5.74) is 0. The Kier molecular flexibility index (Phi) is 6.71. The third kappa shape index (κ3) is 4.18. The van der Waals surface area contributed by atoms with Crippen LogP contribution in [0.3, 0.4) is 0 Å². The first-order valence-corrected chi connectivity index (χ1v) is 4.10. The molecule has 0 fully saturated rings. The summed E-state index contributed by atoms with van der Waals surface area (Å²) in [5.74, 6) is 0.373. The van der Waals surface area contributed by atoms with E-state index in [4.69, 9.17) is 15.3 Å². The van der Waals surface area contributed by atoms with Gasteiger partial charge in [-0.3, -0.25) is 0 Å².